The van der Waals surface area contributed by atoms with Gasteiger partial charge in [-0.2, -0.15) is 0 Å². The highest BCUT2D eigenvalue weighted by Crippen LogP contribution is 2.33. The fourth-order valence-electron chi connectivity index (χ4n) is 3.17. The second kappa shape index (κ2) is 10.2. The van der Waals surface area contributed by atoms with E-state index < -0.39 is 29.7 Å². The fraction of sp³-hybridized carbons (Fsp3) is 0.286. The van der Waals surface area contributed by atoms with Crippen molar-refractivity contribution in [1.29, 1.82) is 0 Å². The van der Waals surface area contributed by atoms with Crippen molar-refractivity contribution in [3.8, 4) is 0 Å². The molecule has 3 atom stereocenters. The first-order chi connectivity index (χ1) is 13.4. The van der Waals surface area contributed by atoms with E-state index in [0.717, 1.165) is 19.4 Å². The van der Waals surface area contributed by atoms with Gasteiger partial charge in [0.1, 0.15) is 6.04 Å². The van der Waals surface area contributed by atoms with Crippen LogP contribution in [0, 0.1) is 0 Å². The highest BCUT2D eigenvalue weighted by molar-refractivity contribution is 5.88. The highest BCUT2D eigenvalue weighted by Gasteiger charge is 2.36. The van der Waals surface area contributed by atoms with Gasteiger partial charge in [0.25, 0.3) is 0 Å². The Morgan fingerprint density at radius 3 is 1.46 bits per heavy atom. The van der Waals surface area contributed by atoms with Crippen molar-refractivity contribution >= 4 is 17.9 Å². The lowest BCUT2D eigenvalue weighted by atomic mass is 9.81. The van der Waals surface area contributed by atoms with Crippen LogP contribution >= 0.6 is 0 Å². The van der Waals surface area contributed by atoms with Crippen molar-refractivity contribution in [2.24, 2.45) is 0 Å². The van der Waals surface area contributed by atoms with E-state index in [1.54, 1.807) is 60.7 Å². The molecule has 2 aromatic rings. The van der Waals surface area contributed by atoms with Crippen LogP contribution in [0.25, 0.3) is 0 Å². The highest BCUT2D eigenvalue weighted by atomic mass is 16.4. The van der Waals surface area contributed by atoms with Crippen molar-refractivity contribution in [2.75, 3.05) is 6.54 Å². The monoisotopic (exact) mass is 385 g/mol. The van der Waals surface area contributed by atoms with Gasteiger partial charge in [-0.3, -0.25) is 14.4 Å². The standard InChI is InChI=1S/C16H14O4.C5H9NO2/c17-15(18)13(11-7-3-1-4-8-11)14(16(19)20)12-9-5-2-6-10-12;7-5(8)4-2-1-3-6-4/h1-10,13-14H,(H,17,18)(H,19,20);4,6H,1-3H2,(H,7,8)/t13-,14-;4-/m00/s1. The zero-order chi connectivity index (χ0) is 20.5. The smallest absolute Gasteiger partial charge is 0.320 e. The first kappa shape index (κ1) is 21.1. The molecule has 0 aliphatic carbocycles. The summed E-state index contributed by atoms with van der Waals surface area (Å²) >= 11 is 0. The summed E-state index contributed by atoms with van der Waals surface area (Å²) in [5, 5.41) is 30.1. The average molecular weight is 385 g/mol. The summed E-state index contributed by atoms with van der Waals surface area (Å²) < 4.78 is 0. The minimum atomic E-state index is -1.15. The molecule has 0 aromatic heterocycles. The summed E-state index contributed by atoms with van der Waals surface area (Å²) in [5.74, 6) is -5.24. The third kappa shape index (κ3) is 5.65. The quantitative estimate of drug-likeness (QED) is 0.602. The third-order valence-electron chi connectivity index (χ3n) is 4.54. The summed E-state index contributed by atoms with van der Waals surface area (Å²) in [6.07, 6.45) is 1.78. The average Bonchev–Trinajstić information content (AvgIpc) is 3.22. The van der Waals surface area contributed by atoms with Gasteiger partial charge in [-0.25, -0.2) is 0 Å². The molecule has 1 aliphatic heterocycles. The Kier molecular flexibility index (Phi) is 7.71. The van der Waals surface area contributed by atoms with Crippen molar-refractivity contribution in [3.63, 3.8) is 0 Å². The van der Waals surface area contributed by atoms with Crippen molar-refractivity contribution in [3.05, 3.63) is 71.8 Å². The Morgan fingerprint density at radius 2 is 1.21 bits per heavy atom. The van der Waals surface area contributed by atoms with Crippen molar-refractivity contribution in [2.45, 2.75) is 30.7 Å². The van der Waals surface area contributed by atoms with Crippen LogP contribution in [0.5, 0.6) is 0 Å². The predicted molar refractivity (Wildman–Crippen MR) is 102 cm³/mol. The molecule has 0 bridgehead atoms. The summed E-state index contributed by atoms with van der Waals surface area (Å²) in [7, 11) is 0. The Labute approximate surface area is 162 Å². The number of hydrogen-bond acceptors (Lipinski definition) is 4. The topological polar surface area (TPSA) is 124 Å². The molecular weight excluding hydrogens is 362 g/mol. The Balaban J connectivity index is 0.000000292. The molecule has 1 heterocycles. The predicted octanol–water partition coefficient (Wildman–Crippen LogP) is 2.55. The molecule has 0 unspecified atom stereocenters. The number of benzene rings is 2. The molecule has 28 heavy (non-hydrogen) atoms. The lowest BCUT2D eigenvalue weighted by molar-refractivity contribution is -0.147. The molecule has 7 heteroatoms. The van der Waals surface area contributed by atoms with Gasteiger partial charge in [0.05, 0.1) is 11.8 Å². The van der Waals surface area contributed by atoms with E-state index in [0.29, 0.717) is 11.1 Å². The van der Waals surface area contributed by atoms with E-state index in [1.807, 2.05) is 0 Å². The summed E-state index contributed by atoms with van der Waals surface area (Å²) in [5.41, 5.74) is 0.965. The third-order valence-corrected chi connectivity index (χ3v) is 4.54. The molecule has 2 aromatic carbocycles. The minimum absolute atomic E-state index is 0.269. The molecule has 4 N–H and O–H groups in total. The second-order valence-corrected chi connectivity index (χ2v) is 6.44. The van der Waals surface area contributed by atoms with E-state index in [9.17, 15) is 24.6 Å². The van der Waals surface area contributed by atoms with Crippen LogP contribution < -0.4 is 5.32 Å². The van der Waals surface area contributed by atoms with E-state index in [4.69, 9.17) is 5.11 Å². The molecule has 3 rings (SSSR count). The molecule has 1 saturated heterocycles. The maximum Gasteiger partial charge on any atom is 0.320 e. The fourth-order valence-corrected chi connectivity index (χ4v) is 3.17. The van der Waals surface area contributed by atoms with Crippen LogP contribution in [0.2, 0.25) is 0 Å². The van der Waals surface area contributed by atoms with E-state index in [2.05, 4.69) is 5.32 Å². The number of hydrogen-bond donors (Lipinski definition) is 4. The number of rotatable bonds is 6. The normalized spacial score (nSPS) is 17.6. The first-order valence-corrected chi connectivity index (χ1v) is 8.93. The van der Waals surface area contributed by atoms with Gasteiger partial charge in [-0.1, -0.05) is 60.7 Å². The summed E-state index contributed by atoms with van der Waals surface area (Å²) in [6.45, 7) is 0.858. The number of carbonyl (C=O) groups is 3. The minimum Gasteiger partial charge on any atom is -0.481 e. The zero-order valence-electron chi connectivity index (χ0n) is 15.2. The number of nitrogens with one attached hydrogen (secondary N) is 1. The zero-order valence-corrected chi connectivity index (χ0v) is 15.2. The molecular formula is C21H23NO6. The summed E-state index contributed by atoms with van der Waals surface area (Å²) in [4.78, 5) is 33.3. The lowest BCUT2D eigenvalue weighted by Crippen LogP contribution is -2.29. The Morgan fingerprint density at radius 1 is 0.786 bits per heavy atom. The Bertz CT molecular complexity index is 732. The second-order valence-electron chi connectivity index (χ2n) is 6.44. The van der Waals surface area contributed by atoms with Gasteiger partial charge in [0.2, 0.25) is 0 Å². The molecule has 0 saturated carbocycles. The molecule has 1 aliphatic rings. The molecule has 148 valence electrons. The van der Waals surface area contributed by atoms with E-state index in [1.165, 1.54) is 0 Å². The SMILES string of the molecule is O=C(O)[C@@H](c1ccccc1)[C@@H](C(=O)O)c1ccccc1.O=C(O)[C@@H]1CCCN1. The van der Waals surface area contributed by atoms with Crippen LogP contribution in [0.15, 0.2) is 60.7 Å². The molecule has 0 amide bonds. The van der Waals surface area contributed by atoms with Gasteiger partial charge in [0, 0.05) is 0 Å². The first-order valence-electron chi connectivity index (χ1n) is 8.93. The van der Waals surface area contributed by atoms with Crippen LogP contribution in [-0.4, -0.2) is 45.8 Å². The van der Waals surface area contributed by atoms with E-state index >= 15 is 0 Å². The number of carboxylic acid groups (broad SMARTS) is 3. The Hall–Kier alpha value is -3.19. The largest absolute Gasteiger partial charge is 0.481 e. The van der Waals surface area contributed by atoms with E-state index in [-0.39, 0.29) is 6.04 Å². The van der Waals surface area contributed by atoms with Crippen LogP contribution in [0.4, 0.5) is 0 Å². The van der Waals surface area contributed by atoms with Gasteiger partial charge in [-0.15, -0.1) is 0 Å². The van der Waals surface area contributed by atoms with Crippen LogP contribution in [-0.2, 0) is 14.4 Å². The van der Waals surface area contributed by atoms with Crippen LogP contribution in [0.3, 0.4) is 0 Å². The summed E-state index contributed by atoms with van der Waals surface area (Å²) in [6, 6.07) is 16.6. The maximum absolute atomic E-state index is 11.6. The van der Waals surface area contributed by atoms with Crippen molar-refractivity contribution < 1.29 is 29.7 Å². The number of aliphatic carboxylic acids is 3. The molecule has 7 nitrogen and oxygen atoms in total. The van der Waals surface area contributed by atoms with Gasteiger partial charge in [-0.05, 0) is 30.5 Å². The van der Waals surface area contributed by atoms with Crippen molar-refractivity contribution in [1.82, 2.24) is 5.32 Å². The van der Waals surface area contributed by atoms with Gasteiger partial charge >= 0.3 is 17.9 Å². The van der Waals surface area contributed by atoms with Gasteiger partial charge < -0.3 is 20.6 Å². The van der Waals surface area contributed by atoms with Crippen LogP contribution in [0.1, 0.15) is 35.8 Å². The molecule has 0 radical (unpaired) electrons. The van der Waals surface area contributed by atoms with Gasteiger partial charge in [0.15, 0.2) is 0 Å². The lowest BCUT2D eigenvalue weighted by Gasteiger charge is -2.21. The molecule has 1 fully saturated rings. The molecule has 0 spiro atoms. The number of carboxylic acids is 3. The maximum atomic E-state index is 11.6.